The predicted molar refractivity (Wildman–Crippen MR) is 160 cm³/mol. The molecule has 0 aromatic heterocycles. The van der Waals surface area contributed by atoms with E-state index in [1.807, 2.05) is 26.0 Å². The predicted octanol–water partition coefficient (Wildman–Crippen LogP) is 5.11. The van der Waals surface area contributed by atoms with Gasteiger partial charge in [-0.15, -0.1) is 24.9 Å². The van der Waals surface area contributed by atoms with Crippen molar-refractivity contribution in [1.29, 1.82) is 0 Å². The second-order valence-electron chi connectivity index (χ2n) is 11.4. The molecule has 1 aromatic carbocycles. The highest BCUT2D eigenvalue weighted by Crippen LogP contribution is 2.69. The molecule has 1 N–H and O–H groups in total. The van der Waals surface area contributed by atoms with Gasteiger partial charge < -0.3 is 19.6 Å². The number of ether oxygens (including phenoxy) is 1. The number of aliphatic hydroxyl groups excluding tert-OH is 1. The molecule has 7 atom stereocenters. The molecule has 40 heavy (non-hydrogen) atoms. The summed E-state index contributed by atoms with van der Waals surface area (Å²) < 4.78 is 4.89. The molecule has 2 amide bonds. The molecular formula is C31H41ClN2O5S. The first-order valence-electron chi connectivity index (χ1n) is 14.2. The molecule has 4 rings (SSSR count). The number of para-hydroxylation sites is 1. The van der Waals surface area contributed by atoms with Gasteiger partial charge in [0.25, 0.3) is 5.91 Å². The van der Waals surface area contributed by atoms with Crippen molar-refractivity contribution in [3.63, 3.8) is 0 Å². The number of likely N-dealkylation sites (tertiary alicyclic amines) is 1. The van der Waals surface area contributed by atoms with Gasteiger partial charge in [-0.05, 0) is 49.7 Å². The van der Waals surface area contributed by atoms with Gasteiger partial charge in [0.15, 0.2) is 0 Å². The molecule has 3 aliphatic heterocycles. The largest absolute Gasteiger partial charge is 0.465 e. The van der Waals surface area contributed by atoms with Crippen LogP contribution in [0, 0.1) is 23.7 Å². The average Bonchev–Trinajstić information content (AvgIpc) is 3.51. The van der Waals surface area contributed by atoms with Gasteiger partial charge in [0, 0.05) is 11.8 Å². The summed E-state index contributed by atoms with van der Waals surface area (Å²) in [6, 6.07) is 5.65. The molecule has 3 unspecified atom stereocenters. The maximum Gasteiger partial charge on any atom is 0.310 e. The van der Waals surface area contributed by atoms with E-state index in [1.54, 1.807) is 45.8 Å². The highest BCUT2D eigenvalue weighted by Gasteiger charge is 2.77. The minimum absolute atomic E-state index is 0.00428. The fourth-order valence-corrected chi connectivity index (χ4v) is 9.53. The Balaban J connectivity index is 1.77. The normalized spacial score (nSPS) is 29.4. The van der Waals surface area contributed by atoms with Crippen LogP contribution in [-0.4, -0.2) is 69.6 Å². The smallest absolute Gasteiger partial charge is 0.310 e. The van der Waals surface area contributed by atoms with Gasteiger partial charge in [0.1, 0.15) is 6.04 Å². The third kappa shape index (κ3) is 5.12. The molecular weight excluding hydrogens is 548 g/mol. The van der Waals surface area contributed by atoms with Crippen molar-refractivity contribution in [2.24, 2.45) is 23.7 Å². The molecule has 1 aromatic rings. The Kier molecular flexibility index (Phi) is 9.74. The molecule has 9 heteroatoms. The number of hydrogen-bond donors (Lipinski definition) is 1. The molecule has 0 saturated carbocycles. The second-order valence-corrected chi connectivity index (χ2v) is 13.4. The van der Waals surface area contributed by atoms with Crippen LogP contribution < -0.4 is 4.90 Å². The lowest BCUT2D eigenvalue weighted by molar-refractivity contribution is -0.155. The average molecular weight is 589 g/mol. The van der Waals surface area contributed by atoms with E-state index in [0.29, 0.717) is 23.7 Å². The zero-order valence-corrected chi connectivity index (χ0v) is 25.2. The number of halogens is 1. The van der Waals surface area contributed by atoms with E-state index in [9.17, 15) is 19.5 Å². The highest BCUT2D eigenvalue weighted by atomic mass is 35.5. The van der Waals surface area contributed by atoms with Gasteiger partial charge in [-0.3, -0.25) is 14.4 Å². The standard InChI is InChI=1S/C31H41ClN2O5S/c1-6-8-9-12-16-39-30(38)25-24-17-20(5)31(40-24)26(25)28(36)34(23(18-35)19(3)4)27(31)29(37)33(15-7-2)22-14-11-10-13-21(22)32/h6-7,10-11,13-14,19-20,23-27,35H,1-2,8-9,12,15-18H2,3-5H3/t20?,23-,24-,25+,26-,27?,31?/m0/s1. The van der Waals surface area contributed by atoms with Crippen LogP contribution in [0.5, 0.6) is 0 Å². The number of allylic oxidation sites excluding steroid dienone is 1. The molecule has 7 nitrogen and oxygen atoms in total. The maximum absolute atomic E-state index is 14.7. The van der Waals surface area contributed by atoms with Crippen molar-refractivity contribution in [2.45, 2.75) is 68.5 Å². The van der Waals surface area contributed by atoms with Crippen LogP contribution in [0.15, 0.2) is 49.6 Å². The summed E-state index contributed by atoms with van der Waals surface area (Å²) in [6.07, 6.45) is 6.64. The molecule has 3 fully saturated rings. The van der Waals surface area contributed by atoms with E-state index < -0.39 is 28.7 Å². The molecule has 1 spiro atoms. The molecule has 0 radical (unpaired) electrons. The van der Waals surface area contributed by atoms with Gasteiger partial charge in [0.05, 0.1) is 46.5 Å². The van der Waals surface area contributed by atoms with Crippen LogP contribution >= 0.6 is 23.4 Å². The van der Waals surface area contributed by atoms with E-state index >= 15 is 0 Å². The number of benzene rings is 1. The van der Waals surface area contributed by atoms with E-state index in [2.05, 4.69) is 20.1 Å². The van der Waals surface area contributed by atoms with Crippen molar-refractivity contribution < 1.29 is 24.2 Å². The van der Waals surface area contributed by atoms with Crippen LogP contribution in [0.4, 0.5) is 5.69 Å². The number of carbonyl (C=O) groups excluding carboxylic acids is 3. The number of fused-ring (bicyclic) bond motifs is 1. The van der Waals surface area contributed by atoms with Gasteiger partial charge in [-0.1, -0.05) is 56.7 Å². The van der Waals surface area contributed by atoms with Crippen LogP contribution in [0.2, 0.25) is 5.02 Å². The number of esters is 1. The summed E-state index contributed by atoms with van der Waals surface area (Å²) in [5, 5.41) is 10.8. The zero-order valence-electron chi connectivity index (χ0n) is 23.6. The van der Waals surface area contributed by atoms with E-state index in [0.717, 1.165) is 19.3 Å². The molecule has 2 bridgehead atoms. The zero-order chi connectivity index (χ0) is 29.2. The second kappa shape index (κ2) is 12.7. The van der Waals surface area contributed by atoms with E-state index in [4.69, 9.17) is 16.3 Å². The molecule has 3 aliphatic rings. The van der Waals surface area contributed by atoms with Gasteiger partial charge in [-0.25, -0.2) is 0 Å². The Bertz CT molecular complexity index is 1140. The highest BCUT2D eigenvalue weighted by molar-refractivity contribution is 8.02. The van der Waals surface area contributed by atoms with Crippen molar-refractivity contribution in [1.82, 2.24) is 4.90 Å². The Morgan fingerprint density at radius 1 is 1.27 bits per heavy atom. The summed E-state index contributed by atoms with van der Waals surface area (Å²) in [7, 11) is 0. The lowest BCUT2D eigenvalue weighted by Crippen LogP contribution is -2.60. The number of unbranched alkanes of at least 4 members (excludes halogenated alkanes) is 2. The number of thioether (sulfide) groups is 1. The number of rotatable bonds is 13. The van der Waals surface area contributed by atoms with Crippen molar-refractivity contribution >= 4 is 46.8 Å². The minimum atomic E-state index is -0.879. The molecule has 3 saturated heterocycles. The third-order valence-electron chi connectivity index (χ3n) is 8.77. The van der Waals surface area contributed by atoms with Crippen LogP contribution in [-0.2, 0) is 19.1 Å². The minimum Gasteiger partial charge on any atom is -0.465 e. The van der Waals surface area contributed by atoms with Crippen molar-refractivity contribution in [3.8, 4) is 0 Å². The molecule has 218 valence electrons. The Labute approximate surface area is 246 Å². The maximum atomic E-state index is 14.7. The Morgan fingerprint density at radius 2 is 2.00 bits per heavy atom. The van der Waals surface area contributed by atoms with Crippen LogP contribution in [0.1, 0.15) is 46.5 Å². The summed E-state index contributed by atoms with van der Waals surface area (Å²) >= 11 is 8.15. The quantitative estimate of drug-likeness (QED) is 0.196. The van der Waals surface area contributed by atoms with Crippen molar-refractivity contribution in [2.75, 3.05) is 24.7 Å². The number of amides is 2. The first kappa shape index (κ1) is 30.7. The Morgan fingerprint density at radius 3 is 2.62 bits per heavy atom. The number of aliphatic hydroxyl groups is 1. The summed E-state index contributed by atoms with van der Waals surface area (Å²) in [4.78, 5) is 45.8. The number of anilines is 1. The number of carbonyl (C=O) groups is 3. The van der Waals surface area contributed by atoms with Crippen LogP contribution in [0.3, 0.4) is 0 Å². The Hall–Kier alpha value is -2.29. The van der Waals surface area contributed by atoms with Crippen LogP contribution in [0.25, 0.3) is 0 Å². The summed E-state index contributed by atoms with van der Waals surface area (Å²) in [5.74, 6) is -2.34. The fourth-order valence-electron chi connectivity index (χ4n) is 6.90. The van der Waals surface area contributed by atoms with Gasteiger partial charge >= 0.3 is 5.97 Å². The first-order valence-corrected chi connectivity index (χ1v) is 15.5. The SMILES string of the molecule is C=CCCCCOC(=O)[C@@H]1[C@@H]2CC(C)C3(S2)C(C(=O)N(CC=C)c2ccccc2Cl)N([C@@H](CO)C(C)C)C(=O)[C@H]13. The number of nitrogens with zero attached hydrogens (tertiary/aromatic N) is 2. The molecule has 0 aliphatic carbocycles. The molecule has 3 heterocycles. The van der Waals surface area contributed by atoms with Gasteiger partial charge in [-0.2, -0.15) is 0 Å². The van der Waals surface area contributed by atoms with Gasteiger partial charge in [0.2, 0.25) is 5.91 Å². The lowest BCUT2D eigenvalue weighted by Gasteiger charge is -2.42. The topological polar surface area (TPSA) is 87.2 Å². The third-order valence-corrected chi connectivity index (χ3v) is 11.2. The fraction of sp³-hybridized carbons (Fsp3) is 0.581. The van der Waals surface area contributed by atoms with E-state index in [1.165, 1.54) is 0 Å². The van der Waals surface area contributed by atoms with E-state index in [-0.39, 0.29) is 48.0 Å². The number of hydrogen-bond acceptors (Lipinski definition) is 6. The summed E-state index contributed by atoms with van der Waals surface area (Å²) in [5.41, 5.74) is 0.534. The first-order chi connectivity index (χ1) is 19.1. The van der Waals surface area contributed by atoms with Crippen molar-refractivity contribution in [3.05, 3.63) is 54.6 Å². The lowest BCUT2D eigenvalue weighted by atomic mass is 9.66. The monoisotopic (exact) mass is 588 g/mol. The summed E-state index contributed by atoms with van der Waals surface area (Å²) in [6.45, 7) is 13.7.